The van der Waals surface area contributed by atoms with E-state index in [2.05, 4.69) is 4.99 Å². The molecule has 0 spiro atoms. The van der Waals surface area contributed by atoms with Gasteiger partial charge >= 0.3 is 12.4 Å². The molecule has 0 atom stereocenters. The highest BCUT2D eigenvalue weighted by atomic mass is 35.5. The first kappa shape index (κ1) is 21.2. The second-order valence-electron chi connectivity index (χ2n) is 4.92. The van der Waals surface area contributed by atoms with E-state index in [0.717, 1.165) is 12.1 Å². The molecule has 1 fully saturated rings. The maximum absolute atomic E-state index is 14.0. The molecule has 0 N–H and O–H groups in total. The van der Waals surface area contributed by atoms with Gasteiger partial charge in [0.1, 0.15) is 18.0 Å². The van der Waals surface area contributed by atoms with Gasteiger partial charge < -0.3 is 0 Å². The minimum atomic E-state index is -4.69. The van der Waals surface area contributed by atoms with Crippen LogP contribution in [0.4, 0.5) is 36.4 Å². The lowest BCUT2D eigenvalue weighted by Crippen LogP contribution is -2.38. The predicted octanol–water partition coefficient (Wildman–Crippen LogP) is 5.26. The average molecular weight is 441 g/mol. The molecule has 1 aromatic rings. The van der Waals surface area contributed by atoms with Crippen LogP contribution in [0.5, 0.6) is 0 Å². The first-order chi connectivity index (χ1) is 11.9. The molecule has 0 aliphatic carbocycles. The van der Waals surface area contributed by atoms with Crippen molar-refractivity contribution in [3.05, 3.63) is 23.0 Å². The van der Waals surface area contributed by atoms with Crippen molar-refractivity contribution in [2.75, 3.05) is 18.1 Å². The van der Waals surface area contributed by atoms with Crippen LogP contribution in [-0.2, 0) is 4.79 Å². The number of thioether (sulfide) groups is 2. The van der Waals surface area contributed by atoms with Crippen LogP contribution >= 0.6 is 35.1 Å². The zero-order valence-corrected chi connectivity index (χ0v) is 14.8. The van der Waals surface area contributed by atoms with Crippen LogP contribution < -0.4 is 0 Å². The van der Waals surface area contributed by atoms with Crippen LogP contribution in [0.1, 0.15) is 0 Å². The van der Waals surface area contributed by atoms with E-state index >= 15 is 0 Å². The SMILES string of the molecule is O=C1CS/C(=N\c2cc(SCC(F)(F)F)c(Cl)cc2F)N1CC(F)(F)F. The lowest BCUT2D eigenvalue weighted by molar-refractivity contribution is -0.150. The van der Waals surface area contributed by atoms with Crippen molar-refractivity contribution in [1.29, 1.82) is 0 Å². The first-order valence-corrected chi connectivity index (χ1v) is 8.98. The van der Waals surface area contributed by atoms with Crippen LogP contribution in [0.3, 0.4) is 0 Å². The van der Waals surface area contributed by atoms with Gasteiger partial charge in [0.2, 0.25) is 5.91 Å². The predicted molar refractivity (Wildman–Crippen MR) is 85.5 cm³/mol. The van der Waals surface area contributed by atoms with E-state index < -0.39 is 42.1 Å². The summed E-state index contributed by atoms with van der Waals surface area (Å²) in [5.74, 6) is -3.49. The van der Waals surface area contributed by atoms with Crippen molar-refractivity contribution in [1.82, 2.24) is 4.90 Å². The average Bonchev–Trinajstić information content (AvgIpc) is 2.79. The number of halogens is 8. The number of carbonyl (C=O) groups excluding carboxylic acids is 1. The minimum absolute atomic E-state index is 0.138. The third-order valence-corrected chi connectivity index (χ3v) is 5.31. The number of hydrogen-bond acceptors (Lipinski definition) is 4. The fraction of sp³-hybridized carbons (Fsp3) is 0.385. The first-order valence-electron chi connectivity index (χ1n) is 6.63. The molecular weight excluding hydrogens is 433 g/mol. The van der Waals surface area contributed by atoms with Gasteiger partial charge in [0.15, 0.2) is 5.17 Å². The number of rotatable bonds is 4. The number of alkyl halides is 6. The summed E-state index contributed by atoms with van der Waals surface area (Å²) in [7, 11) is 0. The van der Waals surface area contributed by atoms with Crippen molar-refractivity contribution in [3.63, 3.8) is 0 Å². The van der Waals surface area contributed by atoms with Gasteiger partial charge in [0.05, 0.1) is 16.5 Å². The Morgan fingerprint density at radius 3 is 2.42 bits per heavy atom. The van der Waals surface area contributed by atoms with Crippen molar-refractivity contribution < 1.29 is 35.5 Å². The monoisotopic (exact) mass is 440 g/mol. The van der Waals surface area contributed by atoms with Crippen LogP contribution in [0, 0.1) is 5.82 Å². The molecule has 3 nitrogen and oxygen atoms in total. The van der Waals surface area contributed by atoms with Gasteiger partial charge in [-0.25, -0.2) is 9.38 Å². The van der Waals surface area contributed by atoms with Gasteiger partial charge in [-0.05, 0) is 12.1 Å². The number of aliphatic imine (C=N–C) groups is 1. The quantitative estimate of drug-likeness (QED) is 0.473. The Bertz CT molecular complexity index is 736. The smallest absolute Gasteiger partial charge is 0.281 e. The van der Waals surface area contributed by atoms with Gasteiger partial charge in [0.25, 0.3) is 0 Å². The molecule has 1 aliphatic heterocycles. The van der Waals surface area contributed by atoms with Crippen molar-refractivity contribution in [3.8, 4) is 0 Å². The maximum atomic E-state index is 14.0. The summed E-state index contributed by atoms with van der Waals surface area (Å²) in [4.78, 5) is 15.4. The fourth-order valence-electron chi connectivity index (χ4n) is 1.79. The molecule has 1 amide bonds. The number of amidine groups is 1. The topological polar surface area (TPSA) is 32.7 Å². The van der Waals surface area contributed by atoms with E-state index in [1.807, 2.05) is 0 Å². The molecule has 1 aliphatic rings. The van der Waals surface area contributed by atoms with E-state index in [1.165, 1.54) is 0 Å². The zero-order chi connectivity index (χ0) is 19.7. The molecule has 0 aromatic heterocycles. The lowest BCUT2D eigenvalue weighted by Gasteiger charge is -2.18. The highest BCUT2D eigenvalue weighted by Crippen LogP contribution is 2.37. The van der Waals surface area contributed by atoms with E-state index in [-0.39, 0.29) is 32.6 Å². The normalized spacial score (nSPS) is 17.5. The van der Waals surface area contributed by atoms with Gasteiger partial charge in [-0.3, -0.25) is 9.69 Å². The Morgan fingerprint density at radius 1 is 1.19 bits per heavy atom. The summed E-state index contributed by atoms with van der Waals surface area (Å²) in [6.45, 7) is -1.59. The molecule has 1 saturated heterocycles. The number of carbonyl (C=O) groups is 1. The summed E-state index contributed by atoms with van der Waals surface area (Å²) in [5, 5.41) is -0.677. The minimum Gasteiger partial charge on any atom is -0.281 e. The summed E-state index contributed by atoms with van der Waals surface area (Å²) in [6.07, 6.45) is -9.18. The van der Waals surface area contributed by atoms with Crippen molar-refractivity contribution in [2.24, 2.45) is 4.99 Å². The van der Waals surface area contributed by atoms with Crippen LogP contribution in [-0.4, -0.2) is 46.4 Å². The number of amides is 1. The summed E-state index contributed by atoms with van der Waals surface area (Å²) >= 11 is 6.65. The van der Waals surface area contributed by atoms with Crippen LogP contribution in [0.2, 0.25) is 5.02 Å². The molecular formula is C13H8ClF7N2OS2. The Morgan fingerprint density at radius 2 is 1.85 bits per heavy atom. The molecule has 0 bridgehead atoms. The standard InChI is InChI=1S/C13H8ClF7N2OS2/c14-6-1-7(15)8(2-9(6)26-5-13(19,20)21)22-11-23(4-12(16,17)18)10(24)3-25-11/h1-2H,3-5H2/b22-11-. The molecule has 13 heteroatoms. The third-order valence-electron chi connectivity index (χ3n) is 2.80. The highest BCUT2D eigenvalue weighted by molar-refractivity contribution is 8.15. The summed E-state index contributed by atoms with van der Waals surface area (Å²) < 4.78 is 88.5. The molecule has 2 rings (SSSR count). The Balaban J connectivity index is 2.32. The molecule has 144 valence electrons. The number of hydrogen-bond donors (Lipinski definition) is 0. The van der Waals surface area contributed by atoms with Crippen LogP contribution in [0.15, 0.2) is 22.0 Å². The summed E-state index contributed by atoms with van der Waals surface area (Å²) in [5.41, 5.74) is -0.511. The molecule has 26 heavy (non-hydrogen) atoms. The summed E-state index contributed by atoms with van der Waals surface area (Å²) in [6, 6.07) is 1.62. The number of nitrogens with zero attached hydrogens (tertiary/aromatic N) is 2. The van der Waals surface area contributed by atoms with Gasteiger partial charge in [-0.2, -0.15) is 26.3 Å². The van der Waals surface area contributed by atoms with E-state index in [1.54, 1.807) is 0 Å². The number of benzene rings is 1. The van der Waals surface area contributed by atoms with Crippen LogP contribution in [0.25, 0.3) is 0 Å². The van der Waals surface area contributed by atoms with Crippen molar-refractivity contribution in [2.45, 2.75) is 17.2 Å². The molecule has 0 radical (unpaired) electrons. The largest absolute Gasteiger partial charge is 0.406 e. The second kappa shape index (κ2) is 7.85. The van der Waals surface area contributed by atoms with E-state index in [0.29, 0.717) is 16.7 Å². The van der Waals surface area contributed by atoms with Gasteiger partial charge in [-0.15, -0.1) is 11.8 Å². The maximum Gasteiger partial charge on any atom is 0.406 e. The van der Waals surface area contributed by atoms with E-state index in [4.69, 9.17) is 11.6 Å². The Labute approximate surface area is 156 Å². The Kier molecular flexibility index (Phi) is 6.39. The molecule has 0 unspecified atom stereocenters. The van der Waals surface area contributed by atoms with Crippen molar-refractivity contribution >= 4 is 51.9 Å². The fourth-order valence-corrected chi connectivity index (χ4v) is 3.71. The second-order valence-corrected chi connectivity index (χ2v) is 7.28. The molecule has 1 aromatic carbocycles. The molecule has 0 saturated carbocycles. The van der Waals surface area contributed by atoms with Gasteiger partial charge in [-0.1, -0.05) is 23.4 Å². The zero-order valence-electron chi connectivity index (χ0n) is 12.4. The lowest BCUT2D eigenvalue weighted by atomic mass is 10.3. The van der Waals surface area contributed by atoms with Gasteiger partial charge in [0, 0.05) is 4.90 Å². The Hall–Kier alpha value is -1.14. The highest BCUT2D eigenvalue weighted by Gasteiger charge is 2.39. The van der Waals surface area contributed by atoms with E-state index in [9.17, 15) is 35.5 Å². The molecule has 1 heterocycles. The third kappa shape index (κ3) is 5.95.